The average molecular weight is 305 g/mol. The number of piperidine rings is 1. The van der Waals surface area contributed by atoms with Gasteiger partial charge in [-0.1, -0.05) is 13.8 Å². The summed E-state index contributed by atoms with van der Waals surface area (Å²) < 4.78 is 38.1. The first-order chi connectivity index (χ1) is 9.58. The molecule has 120 valence electrons. The molecule has 1 amide bonds. The van der Waals surface area contributed by atoms with Crippen LogP contribution in [0.3, 0.4) is 0 Å². The summed E-state index contributed by atoms with van der Waals surface area (Å²) in [4.78, 5) is 13.5. The molecule has 2 atom stereocenters. The molecule has 0 aromatic rings. The maximum Gasteiger partial charge on any atom is 0.393 e. The summed E-state index contributed by atoms with van der Waals surface area (Å²) in [5.41, 5.74) is -1.00. The molecule has 0 aromatic carbocycles. The van der Waals surface area contributed by atoms with Crippen LogP contribution in [-0.2, 0) is 4.79 Å². The Hall–Kier alpha value is -1.29. The van der Waals surface area contributed by atoms with E-state index in [2.05, 4.69) is 5.32 Å². The molecule has 1 aliphatic heterocycles. The molecule has 1 saturated heterocycles. The van der Waals surface area contributed by atoms with Gasteiger partial charge >= 0.3 is 6.18 Å². The molecule has 1 rings (SSSR count). The predicted octanol–water partition coefficient (Wildman–Crippen LogP) is 2.32. The lowest BCUT2D eigenvalue weighted by molar-refractivity contribution is -0.187. The van der Waals surface area contributed by atoms with Crippen molar-refractivity contribution in [1.29, 1.82) is 5.26 Å². The number of rotatable bonds is 4. The van der Waals surface area contributed by atoms with E-state index in [1.165, 1.54) is 4.90 Å². The normalized spacial score (nSPS) is 23.4. The van der Waals surface area contributed by atoms with E-state index in [1.54, 1.807) is 6.92 Å². The Kier molecular flexibility index (Phi) is 5.62. The van der Waals surface area contributed by atoms with Gasteiger partial charge in [-0.2, -0.15) is 18.4 Å². The lowest BCUT2D eigenvalue weighted by Crippen LogP contribution is -2.53. The van der Waals surface area contributed by atoms with E-state index in [1.807, 2.05) is 19.9 Å². The van der Waals surface area contributed by atoms with Crippen molar-refractivity contribution in [3.63, 3.8) is 0 Å². The van der Waals surface area contributed by atoms with Gasteiger partial charge in [0.2, 0.25) is 5.91 Å². The number of nitrogens with one attached hydrogen (secondary N) is 1. The van der Waals surface area contributed by atoms with Crippen molar-refractivity contribution in [3.8, 4) is 6.07 Å². The summed E-state index contributed by atoms with van der Waals surface area (Å²) in [5.74, 6) is -1.86. The summed E-state index contributed by atoms with van der Waals surface area (Å²) in [6.07, 6.45) is -3.67. The van der Waals surface area contributed by atoms with Crippen LogP contribution in [0.4, 0.5) is 13.2 Å². The molecule has 0 bridgehead atoms. The van der Waals surface area contributed by atoms with Crippen molar-refractivity contribution in [2.75, 3.05) is 19.6 Å². The van der Waals surface area contributed by atoms with Crippen LogP contribution in [0.15, 0.2) is 0 Å². The predicted molar refractivity (Wildman–Crippen MR) is 72.2 cm³/mol. The van der Waals surface area contributed by atoms with Crippen LogP contribution < -0.4 is 5.32 Å². The van der Waals surface area contributed by atoms with Gasteiger partial charge in [0, 0.05) is 6.54 Å². The van der Waals surface area contributed by atoms with Crippen molar-refractivity contribution >= 4 is 5.91 Å². The fraction of sp³-hybridized carbons (Fsp3) is 0.857. The minimum Gasteiger partial charge on any atom is -0.337 e. The monoisotopic (exact) mass is 305 g/mol. The highest BCUT2D eigenvalue weighted by Gasteiger charge is 2.42. The summed E-state index contributed by atoms with van der Waals surface area (Å²) in [7, 11) is 0. The molecule has 0 unspecified atom stereocenters. The minimum absolute atomic E-state index is 0.0873. The fourth-order valence-corrected chi connectivity index (χ4v) is 2.30. The van der Waals surface area contributed by atoms with Crippen molar-refractivity contribution in [1.82, 2.24) is 10.2 Å². The SMILES string of the molecule is CC(C)[C@](C)(C#N)NC(=O)CN1CCC[C@@H](C(F)(F)F)C1. The number of amides is 1. The van der Waals surface area contributed by atoms with Crippen LogP contribution in [0.2, 0.25) is 0 Å². The third-order valence-corrected chi connectivity index (χ3v) is 4.12. The molecule has 21 heavy (non-hydrogen) atoms. The quantitative estimate of drug-likeness (QED) is 0.867. The highest BCUT2D eigenvalue weighted by molar-refractivity contribution is 5.79. The summed E-state index contributed by atoms with van der Waals surface area (Å²) in [6.45, 7) is 5.46. The molecular weight excluding hydrogens is 283 g/mol. The fourth-order valence-electron chi connectivity index (χ4n) is 2.30. The van der Waals surface area contributed by atoms with Crippen molar-refractivity contribution in [2.45, 2.75) is 45.3 Å². The van der Waals surface area contributed by atoms with Gasteiger partial charge in [0.25, 0.3) is 0 Å². The molecule has 0 aliphatic carbocycles. The number of hydrogen-bond acceptors (Lipinski definition) is 3. The van der Waals surface area contributed by atoms with E-state index < -0.39 is 23.5 Å². The van der Waals surface area contributed by atoms with Gasteiger partial charge in [-0.3, -0.25) is 9.69 Å². The average Bonchev–Trinajstić information content (AvgIpc) is 2.37. The molecule has 0 aromatic heterocycles. The number of halogens is 3. The zero-order valence-corrected chi connectivity index (χ0v) is 12.6. The van der Waals surface area contributed by atoms with Crippen LogP contribution >= 0.6 is 0 Å². The van der Waals surface area contributed by atoms with Crippen molar-refractivity contribution < 1.29 is 18.0 Å². The van der Waals surface area contributed by atoms with E-state index in [0.29, 0.717) is 13.0 Å². The zero-order valence-electron chi connectivity index (χ0n) is 12.6. The zero-order chi connectivity index (χ0) is 16.3. The first-order valence-corrected chi connectivity index (χ1v) is 7.10. The molecule has 0 saturated carbocycles. The third kappa shape index (κ3) is 4.88. The van der Waals surface area contributed by atoms with Crippen LogP contribution in [0.1, 0.15) is 33.6 Å². The second-order valence-corrected chi connectivity index (χ2v) is 6.13. The Labute approximate surface area is 123 Å². The topological polar surface area (TPSA) is 56.1 Å². The van der Waals surface area contributed by atoms with Gasteiger partial charge in [-0.05, 0) is 32.2 Å². The molecule has 1 fully saturated rings. The molecule has 0 spiro atoms. The Balaban J connectivity index is 2.57. The number of likely N-dealkylation sites (tertiary alicyclic amines) is 1. The summed E-state index contributed by atoms with van der Waals surface area (Å²) in [6, 6.07) is 2.05. The van der Waals surface area contributed by atoms with Crippen LogP contribution in [0, 0.1) is 23.2 Å². The van der Waals surface area contributed by atoms with Gasteiger partial charge in [0.05, 0.1) is 18.5 Å². The highest BCUT2D eigenvalue weighted by atomic mass is 19.4. The first kappa shape index (κ1) is 17.8. The highest BCUT2D eigenvalue weighted by Crippen LogP contribution is 2.32. The van der Waals surface area contributed by atoms with E-state index in [4.69, 9.17) is 5.26 Å². The van der Waals surface area contributed by atoms with E-state index in [-0.39, 0.29) is 25.4 Å². The first-order valence-electron chi connectivity index (χ1n) is 7.10. The van der Waals surface area contributed by atoms with Gasteiger partial charge in [0.1, 0.15) is 5.54 Å². The molecule has 7 heteroatoms. The Morgan fingerprint density at radius 1 is 1.48 bits per heavy atom. The molecule has 0 radical (unpaired) electrons. The van der Waals surface area contributed by atoms with E-state index in [9.17, 15) is 18.0 Å². The Bertz CT molecular complexity index is 417. The van der Waals surface area contributed by atoms with Crippen molar-refractivity contribution in [3.05, 3.63) is 0 Å². The van der Waals surface area contributed by atoms with Crippen molar-refractivity contribution in [2.24, 2.45) is 11.8 Å². The van der Waals surface area contributed by atoms with E-state index in [0.717, 1.165) is 0 Å². The summed E-state index contributed by atoms with van der Waals surface area (Å²) >= 11 is 0. The maximum absolute atomic E-state index is 12.7. The molecule has 1 aliphatic rings. The van der Waals surface area contributed by atoms with Crippen LogP contribution in [0.5, 0.6) is 0 Å². The lowest BCUT2D eigenvalue weighted by atomic mass is 9.90. The Morgan fingerprint density at radius 2 is 2.10 bits per heavy atom. The number of alkyl halides is 3. The molecule has 1 N–H and O–H groups in total. The number of carbonyl (C=O) groups excluding carboxylic acids is 1. The number of hydrogen-bond donors (Lipinski definition) is 1. The van der Waals surface area contributed by atoms with Gasteiger partial charge in [-0.25, -0.2) is 0 Å². The second kappa shape index (κ2) is 6.65. The second-order valence-electron chi connectivity index (χ2n) is 6.13. The van der Waals surface area contributed by atoms with E-state index >= 15 is 0 Å². The molecule has 1 heterocycles. The Morgan fingerprint density at radius 3 is 2.57 bits per heavy atom. The van der Waals surface area contributed by atoms with Crippen LogP contribution in [-0.4, -0.2) is 42.2 Å². The number of nitrogens with zero attached hydrogens (tertiary/aromatic N) is 2. The molecule has 4 nitrogen and oxygen atoms in total. The number of carbonyl (C=O) groups is 1. The van der Waals surface area contributed by atoms with Gasteiger partial charge in [-0.15, -0.1) is 0 Å². The summed E-state index contributed by atoms with van der Waals surface area (Å²) in [5, 5.41) is 11.8. The van der Waals surface area contributed by atoms with Gasteiger partial charge in [0.15, 0.2) is 0 Å². The maximum atomic E-state index is 12.7. The number of nitriles is 1. The minimum atomic E-state index is -4.21. The third-order valence-electron chi connectivity index (χ3n) is 4.12. The van der Waals surface area contributed by atoms with Gasteiger partial charge < -0.3 is 5.32 Å². The van der Waals surface area contributed by atoms with Crippen LogP contribution in [0.25, 0.3) is 0 Å². The lowest BCUT2D eigenvalue weighted by Gasteiger charge is -2.34. The standard InChI is InChI=1S/C14H22F3N3O/c1-10(2)13(3,9-18)19-12(21)8-20-6-4-5-11(7-20)14(15,16)17/h10-11H,4-8H2,1-3H3,(H,19,21)/t11-,13+/m1/s1. The smallest absolute Gasteiger partial charge is 0.337 e. The molecular formula is C14H22F3N3O. The largest absolute Gasteiger partial charge is 0.393 e.